The number of hydrogen-bond donors (Lipinski definition) is 1. The van der Waals surface area contributed by atoms with Gasteiger partial charge in [-0.15, -0.1) is 0 Å². The monoisotopic (exact) mass is 390 g/mol. The van der Waals surface area contributed by atoms with E-state index < -0.39 is 16.1 Å². The molecule has 2 aromatic heterocycles. The van der Waals surface area contributed by atoms with E-state index >= 15 is 0 Å². The van der Waals surface area contributed by atoms with Gasteiger partial charge in [-0.05, 0) is 51.1 Å². The van der Waals surface area contributed by atoms with Crippen LogP contribution < -0.4 is 9.46 Å². The Morgan fingerprint density at radius 2 is 1.96 bits per heavy atom. The van der Waals surface area contributed by atoms with E-state index in [2.05, 4.69) is 14.8 Å². The summed E-state index contributed by atoms with van der Waals surface area (Å²) in [5.41, 5.74) is 0.819. The van der Waals surface area contributed by atoms with Crippen molar-refractivity contribution in [3.05, 3.63) is 59.6 Å². The summed E-state index contributed by atoms with van der Waals surface area (Å²) >= 11 is 0. The second-order valence-electron chi connectivity index (χ2n) is 6.27. The highest BCUT2D eigenvalue weighted by molar-refractivity contribution is 7.89. The molecular weight excluding hydrogens is 368 g/mol. The Hall–Kier alpha value is -2.65. The van der Waals surface area contributed by atoms with Crippen LogP contribution in [0.25, 0.3) is 0 Å². The minimum absolute atomic E-state index is 0.165. The van der Waals surface area contributed by atoms with Crippen LogP contribution in [0.15, 0.2) is 46.0 Å². The minimum atomic E-state index is -3.67. The number of sulfonamides is 1. The van der Waals surface area contributed by atoms with Crippen LogP contribution in [0.4, 0.5) is 0 Å². The van der Waals surface area contributed by atoms with E-state index in [0.29, 0.717) is 17.3 Å². The van der Waals surface area contributed by atoms with Crippen molar-refractivity contribution in [3.63, 3.8) is 0 Å². The van der Waals surface area contributed by atoms with Gasteiger partial charge in [0.25, 0.3) is 0 Å². The second-order valence-corrected chi connectivity index (χ2v) is 7.99. The summed E-state index contributed by atoms with van der Waals surface area (Å²) in [5.74, 6) is 2.67. The standard InChI is InChI=1S/C18H22N4O4S/c1-12-9-17(14(3)26-12)13(2)21-27(23,24)16-7-5-15(6-8-16)25-10-18-19-11-20-22(18)4/h5-9,11,13,21H,10H2,1-4H3. The van der Waals surface area contributed by atoms with Crippen LogP contribution in [0.1, 0.15) is 35.9 Å². The molecule has 0 radical (unpaired) electrons. The molecule has 27 heavy (non-hydrogen) atoms. The number of furan rings is 1. The molecule has 8 nitrogen and oxygen atoms in total. The number of aromatic nitrogens is 3. The van der Waals surface area contributed by atoms with Crippen LogP contribution in [0, 0.1) is 13.8 Å². The quantitative estimate of drug-likeness (QED) is 0.666. The first-order valence-corrected chi connectivity index (χ1v) is 9.89. The van der Waals surface area contributed by atoms with Gasteiger partial charge in [-0.1, -0.05) is 0 Å². The van der Waals surface area contributed by atoms with Crippen molar-refractivity contribution >= 4 is 10.0 Å². The van der Waals surface area contributed by atoms with Gasteiger partial charge in [-0.25, -0.2) is 18.1 Å². The van der Waals surface area contributed by atoms with Crippen LogP contribution >= 0.6 is 0 Å². The maximum atomic E-state index is 12.6. The fourth-order valence-corrected chi connectivity index (χ4v) is 3.98. The van der Waals surface area contributed by atoms with E-state index in [1.165, 1.54) is 18.5 Å². The Labute approximate surface area is 158 Å². The molecule has 0 saturated heterocycles. The highest BCUT2D eigenvalue weighted by atomic mass is 32.2. The average molecular weight is 390 g/mol. The first kappa shape index (κ1) is 19.1. The lowest BCUT2D eigenvalue weighted by molar-refractivity contribution is 0.289. The molecule has 3 rings (SSSR count). The summed E-state index contributed by atoms with van der Waals surface area (Å²) in [6.07, 6.45) is 1.45. The van der Waals surface area contributed by atoms with Crippen LogP contribution in [-0.4, -0.2) is 23.2 Å². The third kappa shape index (κ3) is 4.37. The van der Waals surface area contributed by atoms with E-state index in [1.54, 1.807) is 30.8 Å². The summed E-state index contributed by atoms with van der Waals surface area (Å²) in [7, 11) is -1.90. The maximum absolute atomic E-state index is 12.6. The highest BCUT2D eigenvalue weighted by Gasteiger charge is 2.21. The summed E-state index contributed by atoms with van der Waals surface area (Å²) < 4.78 is 40.6. The van der Waals surface area contributed by atoms with Crippen molar-refractivity contribution in [3.8, 4) is 5.75 Å². The van der Waals surface area contributed by atoms with Crippen molar-refractivity contribution in [1.29, 1.82) is 0 Å². The third-order valence-electron chi connectivity index (χ3n) is 4.18. The first-order valence-electron chi connectivity index (χ1n) is 8.41. The Bertz CT molecular complexity index is 1020. The predicted molar refractivity (Wildman–Crippen MR) is 98.7 cm³/mol. The smallest absolute Gasteiger partial charge is 0.241 e. The largest absolute Gasteiger partial charge is 0.486 e. The fraction of sp³-hybridized carbons (Fsp3) is 0.333. The maximum Gasteiger partial charge on any atom is 0.241 e. The molecule has 0 aliphatic carbocycles. The van der Waals surface area contributed by atoms with Crippen molar-refractivity contribution in [2.45, 2.75) is 38.3 Å². The van der Waals surface area contributed by atoms with Gasteiger partial charge in [0, 0.05) is 18.7 Å². The number of nitrogens with one attached hydrogen (secondary N) is 1. The lowest BCUT2D eigenvalue weighted by Crippen LogP contribution is -2.27. The van der Waals surface area contributed by atoms with Crippen molar-refractivity contribution < 1.29 is 17.6 Å². The zero-order valence-electron chi connectivity index (χ0n) is 15.6. The molecule has 1 atom stereocenters. The molecule has 0 spiro atoms. The van der Waals surface area contributed by atoms with E-state index in [4.69, 9.17) is 9.15 Å². The van der Waals surface area contributed by atoms with Crippen LogP contribution in [0.3, 0.4) is 0 Å². The summed E-state index contributed by atoms with van der Waals surface area (Å²) in [4.78, 5) is 4.24. The molecule has 0 amide bonds. The van der Waals surface area contributed by atoms with E-state index in [-0.39, 0.29) is 11.5 Å². The Morgan fingerprint density at radius 3 is 2.52 bits per heavy atom. The molecule has 2 heterocycles. The summed E-state index contributed by atoms with van der Waals surface area (Å²) in [6, 6.07) is 7.68. The minimum Gasteiger partial charge on any atom is -0.486 e. The van der Waals surface area contributed by atoms with Crippen molar-refractivity contribution in [2.24, 2.45) is 7.05 Å². The lowest BCUT2D eigenvalue weighted by atomic mass is 10.1. The zero-order valence-corrected chi connectivity index (χ0v) is 16.4. The number of nitrogens with zero attached hydrogens (tertiary/aromatic N) is 3. The van der Waals surface area contributed by atoms with Crippen LogP contribution in [0.5, 0.6) is 5.75 Å². The number of hydrogen-bond acceptors (Lipinski definition) is 6. The highest BCUT2D eigenvalue weighted by Crippen LogP contribution is 2.24. The number of benzene rings is 1. The average Bonchev–Trinajstić information content (AvgIpc) is 3.17. The normalized spacial score (nSPS) is 12.9. The zero-order chi connectivity index (χ0) is 19.6. The molecule has 0 fully saturated rings. The molecule has 1 aromatic carbocycles. The molecule has 0 saturated carbocycles. The fourth-order valence-electron chi connectivity index (χ4n) is 2.76. The molecule has 1 N–H and O–H groups in total. The molecule has 1 unspecified atom stereocenters. The number of aryl methyl sites for hydroxylation is 3. The summed E-state index contributed by atoms with van der Waals surface area (Å²) in [5, 5.41) is 3.97. The van der Waals surface area contributed by atoms with Gasteiger partial charge >= 0.3 is 0 Å². The number of rotatable bonds is 7. The second kappa shape index (κ2) is 7.53. The van der Waals surface area contributed by atoms with Gasteiger partial charge in [0.1, 0.15) is 30.2 Å². The van der Waals surface area contributed by atoms with Gasteiger partial charge in [0.2, 0.25) is 10.0 Å². The van der Waals surface area contributed by atoms with Gasteiger partial charge < -0.3 is 9.15 Å². The number of ether oxygens (including phenoxy) is 1. The lowest BCUT2D eigenvalue weighted by Gasteiger charge is -2.14. The molecule has 0 bridgehead atoms. The predicted octanol–water partition coefficient (Wildman–Crippen LogP) is 2.64. The van der Waals surface area contributed by atoms with Gasteiger partial charge in [-0.2, -0.15) is 5.10 Å². The molecule has 0 aliphatic heterocycles. The van der Waals surface area contributed by atoms with Crippen LogP contribution in [0.2, 0.25) is 0 Å². The molecule has 144 valence electrons. The Kier molecular flexibility index (Phi) is 5.33. The summed E-state index contributed by atoms with van der Waals surface area (Å²) in [6.45, 7) is 5.68. The molecular formula is C18H22N4O4S. The Morgan fingerprint density at radius 1 is 1.26 bits per heavy atom. The third-order valence-corrected chi connectivity index (χ3v) is 5.74. The molecule has 3 aromatic rings. The van der Waals surface area contributed by atoms with E-state index in [1.807, 2.05) is 19.9 Å². The van der Waals surface area contributed by atoms with Crippen LogP contribution in [-0.2, 0) is 23.7 Å². The SMILES string of the molecule is Cc1cc(C(C)NS(=O)(=O)c2ccc(OCc3ncnn3C)cc2)c(C)o1. The molecule has 9 heteroatoms. The van der Waals surface area contributed by atoms with E-state index in [9.17, 15) is 8.42 Å². The first-order chi connectivity index (χ1) is 12.8. The van der Waals surface area contributed by atoms with Gasteiger partial charge in [0.15, 0.2) is 5.82 Å². The topological polar surface area (TPSA) is 99.3 Å². The van der Waals surface area contributed by atoms with Crippen molar-refractivity contribution in [2.75, 3.05) is 0 Å². The van der Waals surface area contributed by atoms with Gasteiger partial charge in [-0.3, -0.25) is 4.68 Å². The van der Waals surface area contributed by atoms with Gasteiger partial charge in [0.05, 0.1) is 4.90 Å². The molecule has 0 aliphatic rings. The van der Waals surface area contributed by atoms with Crippen molar-refractivity contribution in [1.82, 2.24) is 19.5 Å². The Balaban J connectivity index is 1.67. The van der Waals surface area contributed by atoms with E-state index in [0.717, 1.165) is 11.3 Å².